The Hall–Kier alpha value is -1.81. The molecule has 234 valence electrons. The zero-order chi connectivity index (χ0) is 29.8. The zero-order valence-corrected chi connectivity index (χ0v) is 26.3. The quantitative estimate of drug-likeness (QED) is 0.0899. The van der Waals surface area contributed by atoms with Gasteiger partial charge in [0.25, 0.3) is 0 Å². The first-order valence-corrected chi connectivity index (χ1v) is 16.6. The van der Waals surface area contributed by atoms with E-state index in [2.05, 4.69) is 17.6 Å². The van der Waals surface area contributed by atoms with Gasteiger partial charge >= 0.3 is 11.9 Å². The van der Waals surface area contributed by atoms with Gasteiger partial charge in [-0.05, 0) is 32.2 Å². The summed E-state index contributed by atoms with van der Waals surface area (Å²) in [6, 6.07) is -1.61. The van der Waals surface area contributed by atoms with Crippen LogP contribution in [0.3, 0.4) is 0 Å². The molecule has 2 amide bonds. The SMILES string of the molecule is CCCCCCCCCCCCCCCC(=O)OCCSCC(NC(C)=O)C(=O)NC(CCCCN)C(=O)OC. The lowest BCUT2D eigenvalue weighted by atomic mass is 10.0. The molecule has 10 heteroatoms. The number of esters is 2. The third kappa shape index (κ3) is 22.9. The highest BCUT2D eigenvalue weighted by molar-refractivity contribution is 7.99. The molecule has 2 unspecified atom stereocenters. The number of nitrogens with one attached hydrogen (secondary N) is 2. The van der Waals surface area contributed by atoms with Crippen molar-refractivity contribution in [2.75, 3.05) is 31.8 Å². The second-order valence-electron chi connectivity index (χ2n) is 10.4. The van der Waals surface area contributed by atoms with Gasteiger partial charge in [0.1, 0.15) is 18.7 Å². The highest BCUT2D eigenvalue weighted by atomic mass is 32.2. The molecule has 0 aromatic rings. The minimum Gasteiger partial charge on any atom is -0.467 e. The number of ether oxygens (including phenoxy) is 2. The molecule has 9 nitrogen and oxygen atoms in total. The molecule has 0 rings (SSSR count). The summed E-state index contributed by atoms with van der Waals surface area (Å²) >= 11 is 1.40. The van der Waals surface area contributed by atoms with Crippen LogP contribution in [0.1, 0.15) is 123 Å². The molecule has 0 aromatic heterocycles. The van der Waals surface area contributed by atoms with Gasteiger partial charge in [-0.3, -0.25) is 14.4 Å². The van der Waals surface area contributed by atoms with Crippen molar-refractivity contribution in [2.45, 2.75) is 135 Å². The number of carbonyl (C=O) groups is 4. The third-order valence-corrected chi connectivity index (χ3v) is 7.73. The lowest BCUT2D eigenvalue weighted by Gasteiger charge is -2.21. The summed E-state index contributed by atoms with van der Waals surface area (Å²) in [5.41, 5.74) is 5.51. The van der Waals surface area contributed by atoms with Crippen LogP contribution in [0.4, 0.5) is 0 Å². The molecule has 0 saturated carbocycles. The smallest absolute Gasteiger partial charge is 0.328 e. The molecule has 0 aliphatic carbocycles. The standard InChI is InChI=1S/C30H57N3O6S/c1-4-5-6-7-8-9-10-11-12-13-14-15-16-20-28(35)39-22-23-40-24-27(32-25(2)34)29(36)33-26(30(37)38-3)19-17-18-21-31/h26-27H,4-24,31H2,1-3H3,(H,32,34)(H,33,36). The maximum absolute atomic E-state index is 12.8. The molecule has 0 spiro atoms. The monoisotopic (exact) mass is 587 g/mol. The second-order valence-corrected chi connectivity index (χ2v) is 11.6. The van der Waals surface area contributed by atoms with E-state index in [-0.39, 0.29) is 18.5 Å². The number of nitrogens with two attached hydrogens (primary N) is 1. The first-order valence-electron chi connectivity index (χ1n) is 15.4. The van der Waals surface area contributed by atoms with Gasteiger partial charge < -0.3 is 25.8 Å². The van der Waals surface area contributed by atoms with Crippen LogP contribution in [-0.4, -0.2) is 67.6 Å². The van der Waals surface area contributed by atoms with E-state index in [1.807, 2.05) is 0 Å². The Labute approximate surface area is 247 Å². The fourth-order valence-corrected chi connectivity index (χ4v) is 5.20. The van der Waals surface area contributed by atoms with Crippen LogP contribution in [0, 0.1) is 0 Å². The van der Waals surface area contributed by atoms with Crippen LogP contribution in [0.25, 0.3) is 0 Å². The Morgan fingerprint density at radius 1 is 0.775 bits per heavy atom. The molecule has 0 aromatic carbocycles. The number of methoxy groups -OCH3 is 1. The topological polar surface area (TPSA) is 137 Å². The van der Waals surface area contributed by atoms with Crippen molar-refractivity contribution in [3.63, 3.8) is 0 Å². The maximum Gasteiger partial charge on any atom is 0.328 e. The third-order valence-electron chi connectivity index (χ3n) is 6.70. The predicted octanol–water partition coefficient (Wildman–Crippen LogP) is 5.04. The molecule has 0 aliphatic heterocycles. The lowest BCUT2D eigenvalue weighted by molar-refractivity contribution is -0.145. The molecule has 0 fully saturated rings. The fraction of sp³-hybridized carbons (Fsp3) is 0.867. The van der Waals surface area contributed by atoms with E-state index >= 15 is 0 Å². The van der Waals surface area contributed by atoms with Gasteiger partial charge in [0, 0.05) is 24.9 Å². The van der Waals surface area contributed by atoms with E-state index in [0.717, 1.165) is 25.7 Å². The van der Waals surface area contributed by atoms with E-state index in [9.17, 15) is 19.2 Å². The van der Waals surface area contributed by atoms with Gasteiger partial charge in [0.2, 0.25) is 11.8 Å². The Morgan fingerprint density at radius 2 is 1.35 bits per heavy atom. The highest BCUT2D eigenvalue weighted by Gasteiger charge is 2.26. The number of amides is 2. The number of unbranched alkanes of at least 4 members (excludes halogenated alkanes) is 13. The average molecular weight is 588 g/mol. The molecule has 4 N–H and O–H groups in total. The predicted molar refractivity (Wildman–Crippen MR) is 163 cm³/mol. The van der Waals surface area contributed by atoms with Gasteiger partial charge in [-0.1, -0.05) is 84.0 Å². The van der Waals surface area contributed by atoms with Gasteiger partial charge in [0.15, 0.2) is 0 Å². The molecule has 2 atom stereocenters. The molecular weight excluding hydrogens is 530 g/mol. The summed E-state index contributed by atoms with van der Waals surface area (Å²) in [6.45, 7) is 4.33. The normalized spacial score (nSPS) is 12.4. The van der Waals surface area contributed by atoms with Crippen LogP contribution in [0.2, 0.25) is 0 Å². The van der Waals surface area contributed by atoms with Crippen molar-refractivity contribution >= 4 is 35.5 Å². The van der Waals surface area contributed by atoms with Crippen molar-refractivity contribution in [1.29, 1.82) is 0 Å². The zero-order valence-electron chi connectivity index (χ0n) is 25.4. The Balaban J connectivity index is 4.02. The highest BCUT2D eigenvalue weighted by Crippen LogP contribution is 2.13. The van der Waals surface area contributed by atoms with Gasteiger partial charge in [-0.15, -0.1) is 0 Å². The molecule has 0 radical (unpaired) electrons. The summed E-state index contributed by atoms with van der Waals surface area (Å²) in [5, 5.41) is 5.31. The van der Waals surface area contributed by atoms with Gasteiger partial charge in [-0.25, -0.2) is 4.79 Å². The summed E-state index contributed by atoms with van der Waals surface area (Å²) in [5.74, 6) is -0.732. The number of thioether (sulfide) groups is 1. The molecule has 0 heterocycles. The first kappa shape index (κ1) is 38.2. The van der Waals surface area contributed by atoms with E-state index in [1.54, 1.807) is 0 Å². The number of hydrogen-bond acceptors (Lipinski definition) is 8. The van der Waals surface area contributed by atoms with E-state index in [4.69, 9.17) is 15.2 Å². The Kier molecular flexibility index (Phi) is 26.1. The lowest BCUT2D eigenvalue weighted by Crippen LogP contribution is -2.52. The fourth-order valence-electron chi connectivity index (χ4n) is 4.36. The van der Waals surface area contributed by atoms with Crippen LogP contribution < -0.4 is 16.4 Å². The molecular formula is C30H57N3O6S. The van der Waals surface area contributed by atoms with Crippen LogP contribution in [0.5, 0.6) is 0 Å². The summed E-state index contributed by atoms with van der Waals surface area (Å²) in [6.07, 6.45) is 18.6. The van der Waals surface area contributed by atoms with Crippen LogP contribution >= 0.6 is 11.8 Å². The first-order chi connectivity index (χ1) is 19.3. The summed E-state index contributed by atoms with van der Waals surface area (Å²) in [7, 11) is 1.27. The van der Waals surface area contributed by atoms with Crippen molar-refractivity contribution < 1.29 is 28.7 Å². The molecule has 0 aliphatic rings. The average Bonchev–Trinajstić information content (AvgIpc) is 2.93. The minimum atomic E-state index is -0.814. The molecule has 0 saturated heterocycles. The number of hydrogen-bond donors (Lipinski definition) is 3. The Morgan fingerprint density at radius 3 is 1.88 bits per heavy atom. The minimum absolute atomic E-state index is 0.196. The molecule has 0 bridgehead atoms. The van der Waals surface area contributed by atoms with Crippen LogP contribution in [0.15, 0.2) is 0 Å². The second kappa shape index (κ2) is 27.4. The Bertz CT molecular complexity index is 680. The summed E-state index contributed by atoms with van der Waals surface area (Å²) < 4.78 is 10.1. The molecule has 40 heavy (non-hydrogen) atoms. The largest absolute Gasteiger partial charge is 0.467 e. The number of rotatable bonds is 27. The van der Waals surface area contributed by atoms with Crippen molar-refractivity contribution in [1.82, 2.24) is 10.6 Å². The van der Waals surface area contributed by atoms with Crippen molar-refractivity contribution in [2.24, 2.45) is 5.73 Å². The van der Waals surface area contributed by atoms with Gasteiger partial charge in [0.05, 0.1) is 7.11 Å². The van der Waals surface area contributed by atoms with E-state index in [0.29, 0.717) is 37.3 Å². The van der Waals surface area contributed by atoms with Crippen molar-refractivity contribution in [3.8, 4) is 0 Å². The maximum atomic E-state index is 12.8. The van der Waals surface area contributed by atoms with E-state index in [1.165, 1.54) is 90.0 Å². The van der Waals surface area contributed by atoms with Crippen molar-refractivity contribution in [3.05, 3.63) is 0 Å². The van der Waals surface area contributed by atoms with E-state index < -0.39 is 24.0 Å². The van der Waals surface area contributed by atoms with Crippen LogP contribution in [-0.2, 0) is 28.7 Å². The summed E-state index contributed by atoms with van der Waals surface area (Å²) in [4.78, 5) is 48.4. The number of carbonyl (C=O) groups excluding carboxylic acids is 4. The van der Waals surface area contributed by atoms with Gasteiger partial charge in [-0.2, -0.15) is 11.8 Å².